The molecule has 0 bridgehead atoms. The van der Waals surface area contributed by atoms with Crippen LogP contribution in [-0.4, -0.2) is 19.5 Å². The van der Waals surface area contributed by atoms with Crippen LogP contribution >= 0.6 is 11.3 Å². The van der Waals surface area contributed by atoms with Crippen molar-refractivity contribution in [3.63, 3.8) is 0 Å². The van der Waals surface area contributed by atoms with Crippen LogP contribution in [0.5, 0.6) is 0 Å². The third-order valence-electron chi connectivity index (χ3n) is 2.27. The largest absolute Gasteiger partial charge is 0.359 e. The first-order valence-corrected chi connectivity index (χ1v) is 5.92. The highest BCUT2D eigenvalue weighted by Gasteiger charge is 2.02. The molecule has 0 aliphatic heterocycles. The molecule has 1 amide bonds. The van der Waals surface area contributed by atoms with Crippen LogP contribution in [-0.2, 0) is 11.3 Å². The number of aryl methyl sites for hydroxylation is 2. The molecule has 1 heterocycles. The number of thiophene rings is 1. The highest BCUT2D eigenvalue weighted by Crippen LogP contribution is 2.19. The summed E-state index contributed by atoms with van der Waals surface area (Å²) < 4.78 is 0. The van der Waals surface area contributed by atoms with Crippen molar-refractivity contribution in [3.05, 3.63) is 21.4 Å². The van der Waals surface area contributed by atoms with E-state index in [9.17, 15) is 4.79 Å². The molecule has 0 aliphatic rings. The quantitative estimate of drug-likeness (QED) is 0.749. The fraction of sp³-hybridized carbons (Fsp3) is 0.545. The summed E-state index contributed by atoms with van der Waals surface area (Å²) in [6, 6.07) is 2.20. The maximum absolute atomic E-state index is 10.9. The fourth-order valence-electron chi connectivity index (χ4n) is 1.41. The Morgan fingerprint density at radius 3 is 2.73 bits per heavy atom. The Morgan fingerprint density at radius 2 is 2.20 bits per heavy atom. The number of hydrogen-bond acceptors (Lipinski definition) is 3. The average Bonchev–Trinajstić information content (AvgIpc) is 2.52. The molecular formula is C11H18N2OS. The summed E-state index contributed by atoms with van der Waals surface area (Å²) in [6.45, 7) is 5.83. The van der Waals surface area contributed by atoms with Crippen LogP contribution in [0.1, 0.15) is 21.7 Å². The number of amides is 1. The third-order valence-corrected chi connectivity index (χ3v) is 3.28. The van der Waals surface area contributed by atoms with Gasteiger partial charge in [-0.15, -0.1) is 11.3 Å². The van der Waals surface area contributed by atoms with Gasteiger partial charge in [0.05, 0.1) is 0 Å². The van der Waals surface area contributed by atoms with Gasteiger partial charge in [-0.25, -0.2) is 0 Å². The van der Waals surface area contributed by atoms with E-state index in [0.717, 1.165) is 13.1 Å². The first-order valence-electron chi connectivity index (χ1n) is 5.10. The molecule has 1 aromatic heterocycles. The minimum Gasteiger partial charge on any atom is -0.359 e. The molecular weight excluding hydrogens is 208 g/mol. The van der Waals surface area contributed by atoms with Crippen molar-refractivity contribution in [2.24, 2.45) is 0 Å². The Hall–Kier alpha value is -0.870. The third kappa shape index (κ3) is 4.01. The van der Waals surface area contributed by atoms with Crippen molar-refractivity contribution in [2.75, 3.05) is 13.6 Å². The lowest BCUT2D eigenvalue weighted by atomic mass is 10.2. The SMILES string of the molecule is CNC(=O)CCNCc1cc(C)sc1C. The van der Waals surface area contributed by atoms with Crippen LogP contribution < -0.4 is 10.6 Å². The summed E-state index contributed by atoms with van der Waals surface area (Å²) in [5, 5.41) is 5.87. The minimum atomic E-state index is 0.0840. The number of hydrogen-bond donors (Lipinski definition) is 2. The zero-order valence-corrected chi connectivity index (χ0v) is 10.3. The molecule has 1 rings (SSSR count). The Kier molecular flexibility index (Phi) is 4.78. The van der Waals surface area contributed by atoms with E-state index >= 15 is 0 Å². The molecule has 0 aliphatic carbocycles. The van der Waals surface area contributed by atoms with Crippen molar-refractivity contribution in [3.8, 4) is 0 Å². The lowest BCUT2D eigenvalue weighted by Gasteiger charge is -2.03. The second-order valence-corrected chi connectivity index (χ2v) is 5.00. The van der Waals surface area contributed by atoms with Gasteiger partial charge in [0.1, 0.15) is 0 Å². The fourth-order valence-corrected chi connectivity index (χ4v) is 2.36. The first kappa shape index (κ1) is 12.2. The van der Waals surface area contributed by atoms with E-state index in [4.69, 9.17) is 0 Å². The number of nitrogens with one attached hydrogen (secondary N) is 2. The molecule has 2 N–H and O–H groups in total. The van der Waals surface area contributed by atoms with Gasteiger partial charge in [0.25, 0.3) is 0 Å². The predicted octanol–water partition coefficient (Wildman–Crippen LogP) is 1.59. The Morgan fingerprint density at radius 1 is 1.47 bits per heavy atom. The molecule has 0 aromatic carbocycles. The zero-order valence-electron chi connectivity index (χ0n) is 9.52. The summed E-state index contributed by atoms with van der Waals surface area (Å²) in [6.07, 6.45) is 0.540. The van der Waals surface area contributed by atoms with Crippen LogP contribution in [0, 0.1) is 13.8 Å². The predicted molar refractivity (Wildman–Crippen MR) is 64.2 cm³/mol. The van der Waals surface area contributed by atoms with Crippen LogP contribution in [0.15, 0.2) is 6.07 Å². The molecule has 0 atom stereocenters. The maximum Gasteiger partial charge on any atom is 0.221 e. The van der Waals surface area contributed by atoms with Gasteiger partial charge in [-0.05, 0) is 25.5 Å². The van der Waals surface area contributed by atoms with E-state index in [1.165, 1.54) is 15.3 Å². The molecule has 84 valence electrons. The van der Waals surface area contributed by atoms with E-state index in [0.29, 0.717) is 6.42 Å². The smallest absolute Gasteiger partial charge is 0.221 e. The van der Waals surface area contributed by atoms with Gasteiger partial charge >= 0.3 is 0 Å². The summed E-state index contributed by atoms with van der Waals surface area (Å²) in [4.78, 5) is 13.6. The standard InChI is InChI=1S/C11H18N2OS/c1-8-6-10(9(2)15-8)7-13-5-4-11(14)12-3/h6,13H,4-5,7H2,1-3H3,(H,12,14). The van der Waals surface area contributed by atoms with Crippen molar-refractivity contribution in [2.45, 2.75) is 26.8 Å². The highest BCUT2D eigenvalue weighted by atomic mass is 32.1. The normalized spacial score (nSPS) is 10.3. The second kappa shape index (κ2) is 5.88. The molecule has 3 nitrogen and oxygen atoms in total. The van der Waals surface area contributed by atoms with E-state index in [1.807, 2.05) is 11.3 Å². The van der Waals surface area contributed by atoms with Crippen LogP contribution in [0.4, 0.5) is 0 Å². The van der Waals surface area contributed by atoms with E-state index in [1.54, 1.807) is 7.05 Å². The lowest BCUT2D eigenvalue weighted by molar-refractivity contribution is -0.120. The topological polar surface area (TPSA) is 41.1 Å². The van der Waals surface area contributed by atoms with Crippen LogP contribution in [0.25, 0.3) is 0 Å². The van der Waals surface area contributed by atoms with E-state index in [-0.39, 0.29) is 5.91 Å². The second-order valence-electron chi connectivity index (χ2n) is 3.54. The molecule has 0 saturated carbocycles. The van der Waals surface area contributed by atoms with Crippen molar-refractivity contribution >= 4 is 17.2 Å². The molecule has 0 unspecified atom stereocenters. The van der Waals surface area contributed by atoms with Gasteiger partial charge in [0.2, 0.25) is 5.91 Å². The molecule has 4 heteroatoms. The Balaban J connectivity index is 2.26. The molecule has 0 spiro atoms. The Labute approximate surface area is 94.9 Å². The van der Waals surface area contributed by atoms with Crippen molar-refractivity contribution in [1.82, 2.24) is 10.6 Å². The number of rotatable bonds is 5. The highest BCUT2D eigenvalue weighted by molar-refractivity contribution is 7.12. The monoisotopic (exact) mass is 226 g/mol. The molecule has 0 saturated heterocycles. The number of carbonyl (C=O) groups is 1. The summed E-state index contributed by atoms with van der Waals surface area (Å²) in [5.74, 6) is 0.0840. The van der Waals surface area contributed by atoms with Gasteiger partial charge in [0, 0.05) is 36.3 Å². The lowest BCUT2D eigenvalue weighted by Crippen LogP contribution is -2.24. The van der Waals surface area contributed by atoms with Gasteiger partial charge in [-0.1, -0.05) is 0 Å². The van der Waals surface area contributed by atoms with Gasteiger partial charge in [-0.3, -0.25) is 4.79 Å². The summed E-state index contributed by atoms with van der Waals surface area (Å²) in [5.41, 5.74) is 1.34. The molecule has 1 aromatic rings. The van der Waals surface area contributed by atoms with Crippen molar-refractivity contribution in [1.29, 1.82) is 0 Å². The minimum absolute atomic E-state index is 0.0840. The van der Waals surface area contributed by atoms with E-state index in [2.05, 4.69) is 30.5 Å². The van der Waals surface area contributed by atoms with Gasteiger partial charge in [0.15, 0.2) is 0 Å². The van der Waals surface area contributed by atoms with Crippen molar-refractivity contribution < 1.29 is 4.79 Å². The zero-order chi connectivity index (χ0) is 11.3. The van der Waals surface area contributed by atoms with Gasteiger partial charge < -0.3 is 10.6 Å². The van der Waals surface area contributed by atoms with E-state index < -0.39 is 0 Å². The molecule has 15 heavy (non-hydrogen) atoms. The molecule has 0 fully saturated rings. The van der Waals surface area contributed by atoms with Crippen LogP contribution in [0.3, 0.4) is 0 Å². The summed E-state index contributed by atoms with van der Waals surface area (Å²) >= 11 is 1.82. The summed E-state index contributed by atoms with van der Waals surface area (Å²) in [7, 11) is 1.66. The molecule has 0 radical (unpaired) electrons. The first-order chi connectivity index (χ1) is 7.13. The maximum atomic E-state index is 10.9. The average molecular weight is 226 g/mol. The number of carbonyl (C=O) groups excluding carboxylic acids is 1. The van der Waals surface area contributed by atoms with Gasteiger partial charge in [-0.2, -0.15) is 0 Å². The Bertz CT molecular complexity index is 333. The van der Waals surface area contributed by atoms with Crippen LogP contribution in [0.2, 0.25) is 0 Å².